The molecule has 2 aromatic carbocycles. The molecule has 1 atom stereocenters. The fourth-order valence-corrected chi connectivity index (χ4v) is 4.19. The quantitative estimate of drug-likeness (QED) is 0.273. The first kappa shape index (κ1) is 24.0. The number of nitrogens with zero attached hydrogens (tertiary/aromatic N) is 2. The van der Waals surface area contributed by atoms with Gasteiger partial charge < -0.3 is 21.1 Å². The number of hydrogen-bond acceptors (Lipinski definition) is 4. The van der Waals surface area contributed by atoms with Gasteiger partial charge in [0, 0.05) is 24.5 Å². The average molecular weight is 451 g/mol. The fourth-order valence-electron chi connectivity index (χ4n) is 4.19. The normalized spacial score (nSPS) is 17.2. The van der Waals surface area contributed by atoms with Crippen LogP contribution >= 0.6 is 0 Å². The number of nitrogens with two attached hydrogens (primary N) is 1. The number of carboxylic acid groups (broad SMARTS) is 1. The summed E-state index contributed by atoms with van der Waals surface area (Å²) in [4.78, 5) is 14.7. The Balaban J connectivity index is 2.06. The first-order valence-electron chi connectivity index (χ1n) is 11.2. The van der Waals surface area contributed by atoms with Crippen molar-refractivity contribution < 1.29 is 24.7 Å². The number of hydrogen-bond donors (Lipinski definition) is 4. The summed E-state index contributed by atoms with van der Waals surface area (Å²) in [5.74, 6) is -0.524. The number of phenols is 1. The Hall–Kier alpha value is -3.61. The van der Waals surface area contributed by atoms with Gasteiger partial charge in [-0.25, -0.2) is 0 Å². The predicted molar refractivity (Wildman–Crippen MR) is 130 cm³/mol. The molecule has 1 aliphatic rings. The Kier molecular flexibility index (Phi) is 7.87. The second kappa shape index (κ2) is 10.8. The van der Waals surface area contributed by atoms with Crippen LogP contribution in [-0.4, -0.2) is 51.1 Å². The van der Waals surface area contributed by atoms with Crippen LogP contribution in [0.2, 0.25) is 0 Å². The van der Waals surface area contributed by atoms with Gasteiger partial charge in [0.1, 0.15) is 18.2 Å². The van der Waals surface area contributed by atoms with E-state index in [4.69, 9.17) is 10.8 Å². The third-order valence-electron chi connectivity index (χ3n) is 5.98. The van der Waals surface area contributed by atoms with E-state index in [1.165, 1.54) is 18.0 Å². The SMILES string of the molecule is CC(C)c1ccc([N+](CC(C=NCC(=O)O)=CN)=C(O)C2CCCc3c(O)cccc32)cc1. The molecule has 33 heavy (non-hydrogen) atoms. The number of aliphatic hydroxyl groups is 1. The molecule has 2 aromatic rings. The number of carboxylic acids is 1. The first-order valence-corrected chi connectivity index (χ1v) is 11.2. The summed E-state index contributed by atoms with van der Waals surface area (Å²) in [7, 11) is 0. The van der Waals surface area contributed by atoms with E-state index in [2.05, 4.69) is 18.8 Å². The molecule has 0 spiro atoms. The van der Waals surface area contributed by atoms with Gasteiger partial charge in [-0.05, 0) is 47.9 Å². The van der Waals surface area contributed by atoms with Crippen molar-refractivity contribution in [2.45, 2.75) is 44.9 Å². The van der Waals surface area contributed by atoms with Gasteiger partial charge >= 0.3 is 11.9 Å². The minimum atomic E-state index is -1.03. The lowest BCUT2D eigenvalue weighted by Crippen LogP contribution is -2.28. The van der Waals surface area contributed by atoms with Gasteiger partial charge in [-0.15, -0.1) is 0 Å². The lowest BCUT2D eigenvalue weighted by Gasteiger charge is -2.24. The van der Waals surface area contributed by atoms with Crippen LogP contribution in [0.3, 0.4) is 0 Å². The van der Waals surface area contributed by atoms with Crippen LogP contribution < -0.4 is 5.73 Å². The standard InChI is InChI=1S/C26H31N3O4/c1-17(2)19-9-11-20(12-10-19)29(16-18(13-27)14-28-15-25(31)32)26(33)23-7-3-6-22-21(23)5-4-8-24(22)30/h4-5,8-14,17,23H,3,6-7,15-16H2,1-2H3,(H4,27,28,30,31,32)/p+1. The Labute approximate surface area is 194 Å². The van der Waals surface area contributed by atoms with Crippen LogP contribution in [0.4, 0.5) is 5.69 Å². The molecule has 0 bridgehead atoms. The topological polar surface area (TPSA) is 119 Å². The molecule has 1 aliphatic carbocycles. The highest BCUT2D eigenvalue weighted by Crippen LogP contribution is 2.37. The zero-order valence-corrected chi connectivity index (χ0v) is 19.1. The number of aliphatic hydroxyl groups excluding tert-OH is 1. The van der Waals surface area contributed by atoms with Crippen LogP contribution in [0, 0.1) is 0 Å². The van der Waals surface area contributed by atoms with Crippen LogP contribution in [0.5, 0.6) is 5.75 Å². The summed E-state index contributed by atoms with van der Waals surface area (Å²) in [5, 5.41) is 30.7. The zero-order chi connectivity index (χ0) is 24.0. The lowest BCUT2D eigenvalue weighted by atomic mass is 9.82. The third kappa shape index (κ3) is 5.80. The summed E-state index contributed by atoms with van der Waals surface area (Å²) in [6, 6.07) is 13.4. The minimum Gasteiger partial charge on any atom is -0.508 e. The Morgan fingerprint density at radius 3 is 2.58 bits per heavy atom. The van der Waals surface area contributed by atoms with Gasteiger partial charge in [0.25, 0.3) is 0 Å². The predicted octanol–water partition coefficient (Wildman–Crippen LogP) is 4.23. The van der Waals surface area contributed by atoms with E-state index in [0.717, 1.165) is 36.1 Å². The van der Waals surface area contributed by atoms with Crippen molar-refractivity contribution in [1.29, 1.82) is 0 Å². The van der Waals surface area contributed by atoms with E-state index in [1.54, 1.807) is 16.7 Å². The number of rotatable bonds is 8. The number of benzene rings is 2. The Morgan fingerprint density at radius 1 is 1.21 bits per heavy atom. The lowest BCUT2D eigenvalue weighted by molar-refractivity contribution is -0.441. The maximum absolute atomic E-state index is 11.5. The van der Waals surface area contributed by atoms with Crippen molar-refractivity contribution in [3.05, 3.63) is 70.9 Å². The van der Waals surface area contributed by atoms with E-state index in [1.807, 2.05) is 30.3 Å². The number of aliphatic imine (C=N–C) groups is 1. The van der Waals surface area contributed by atoms with E-state index >= 15 is 0 Å². The van der Waals surface area contributed by atoms with Crippen molar-refractivity contribution in [2.24, 2.45) is 10.7 Å². The molecule has 0 aliphatic heterocycles. The maximum atomic E-state index is 11.5. The molecule has 0 saturated heterocycles. The van der Waals surface area contributed by atoms with Gasteiger partial charge in [-0.2, -0.15) is 4.58 Å². The average Bonchev–Trinajstić information content (AvgIpc) is 2.80. The highest BCUT2D eigenvalue weighted by atomic mass is 16.4. The molecule has 3 rings (SSSR count). The van der Waals surface area contributed by atoms with Crippen molar-refractivity contribution in [1.82, 2.24) is 0 Å². The number of aliphatic carboxylic acids is 1. The first-order chi connectivity index (χ1) is 15.8. The van der Waals surface area contributed by atoms with Crippen molar-refractivity contribution in [2.75, 3.05) is 13.1 Å². The van der Waals surface area contributed by atoms with Crippen LogP contribution in [-0.2, 0) is 11.2 Å². The second-order valence-corrected chi connectivity index (χ2v) is 8.59. The summed E-state index contributed by atoms with van der Waals surface area (Å²) in [6.45, 7) is 4.11. The van der Waals surface area contributed by atoms with Crippen molar-refractivity contribution >= 4 is 23.8 Å². The number of phenolic OH excluding ortho intramolecular Hbond substituents is 1. The summed E-state index contributed by atoms with van der Waals surface area (Å²) in [5.41, 5.74) is 10.1. The minimum absolute atomic E-state index is 0.157. The summed E-state index contributed by atoms with van der Waals surface area (Å²) in [6.07, 6.45) is 5.16. The van der Waals surface area contributed by atoms with Crippen molar-refractivity contribution in [3.63, 3.8) is 0 Å². The highest BCUT2D eigenvalue weighted by Gasteiger charge is 2.33. The molecule has 7 nitrogen and oxygen atoms in total. The number of fused-ring (bicyclic) bond motifs is 1. The third-order valence-corrected chi connectivity index (χ3v) is 5.98. The van der Waals surface area contributed by atoms with E-state index in [9.17, 15) is 15.0 Å². The maximum Gasteiger partial charge on any atom is 0.347 e. The smallest absolute Gasteiger partial charge is 0.347 e. The molecule has 5 N–H and O–H groups in total. The summed E-state index contributed by atoms with van der Waals surface area (Å²) >= 11 is 0. The molecule has 0 aromatic heterocycles. The second-order valence-electron chi connectivity index (χ2n) is 8.59. The van der Waals surface area contributed by atoms with E-state index in [0.29, 0.717) is 11.5 Å². The van der Waals surface area contributed by atoms with Crippen LogP contribution in [0.25, 0.3) is 0 Å². The molecule has 0 saturated carbocycles. The number of aromatic hydroxyl groups is 1. The molecular weight excluding hydrogens is 418 g/mol. The van der Waals surface area contributed by atoms with Crippen LogP contribution in [0.15, 0.2) is 59.2 Å². The van der Waals surface area contributed by atoms with Gasteiger partial charge in [0.05, 0.1) is 5.57 Å². The fraction of sp³-hybridized carbons (Fsp3) is 0.346. The van der Waals surface area contributed by atoms with Gasteiger partial charge in [0.15, 0.2) is 6.54 Å². The van der Waals surface area contributed by atoms with Gasteiger partial charge in [-0.1, -0.05) is 38.1 Å². The Bertz CT molecular complexity index is 1090. The molecule has 0 radical (unpaired) electrons. The van der Waals surface area contributed by atoms with Crippen LogP contribution in [0.1, 0.15) is 55.2 Å². The van der Waals surface area contributed by atoms with E-state index < -0.39 is 5.97 Å². The molecule has 174 valence electrons. The van der Waals surface area contributed by atoms with E-state index in [-0.39, 0.29) is 30.7 Å². The molecule has 1 unspecified atom stereocenters. The monoisotopic (exact) mass is 450 g/mol. The zero-order valence-electron chi connectivity index (χ0n) is 19.1. The Morgan fingerprint density at radius 2 is 1.94 bits per heavy atom. The molecule has 7 heteroatoms. The van der Waals surface area contributed by atoms with Gasteiger partial charge in [0.2, 0.25) is 5.69 Å². The number of carbonyl (C=O) groups is 1. The molecule has 0 amide bonds. The van der Waals surface area contributed by atoms with Crippen molar-refractivity contribution in [3.8, 4) is 5.75 Å². The summed E-state index contributed by atoms with van der Waals surface area (Å²) < 4.78 is 1.78. The highest BCUT2D eigenvalue weighted by molar-refractivity contribution is 5.83. The molecular formula is C26H32N3O4+. The molecule has 0 fully saturated rings. The molecule has 0 heterocycles. The van der Waals surface area contributed by atoms with Gasteiger partial charge in [-0.3, -0.25) is 9.79 Å². The largest absolute Gasteiger partial charge is 0.508 e.